The molecule has 1 aliphatic carbocycles. The molecule has 1 amide bonds. The zero-order valence-electron chi connectivity index (χ0n) is 18.6. The molecule has 3 aromatic carbocycles. The van der Waals surface area contributed by atoms with Crippen molar-refractivity contribution in [3.8, 4) is 0 Å². The third kappa shape index (κ3) is 5.14. The summed E-state index contributed by atoms with van der Waals surface area (Å²) in [7, 11) is 0. The van der Waals surface area contributed by atoms with Gasteiger partial charge in [-0.2, -0.15) is 4.58 Å². The van der Waals surface area contributed by atoms with E-state index in [2.05, 4.69) is 46.3 Å². The van der Waals surface area contributed by atoms with Crippen LogP contribution in [0.15, 0.2) is 96.4 Å². The molecule has 0 saturated carbocycles. The standard InChI is InChI=1S/C26H22N2O2.C2H6/c29-26(27-22-13-5-2-6-14-22)25(24-18-28(24)17-19-9-3-1-4-10-19)30-23-15-20-11-7-8-12-21(20)16-23;1-2/h1-14,18,23H,15-17H2;1-2H3/p+1/b25-24-;. The minimum Gasteiger partial charge on any atom is -0.479 e. The fourth-order valence-electron chi connectivity index (χ4n) is 3.93. The predicted octanol–water partition coefficient (Wildman–Crippen LogP) is 5.34. The molecular formula is C28H29N2O2+. The molecule has 3 aromatic rings. The number of anilines is 1. The van der Waals surface area contributed by atoms with E-state index in [1.54, 1.807) is 0 Å². The first kappa shape index (κ1) is 21.6. The Labute approximate surface area is 189 Å². The number of hydrogen-bond acceptors (Lipinski definition) is 2. The van der Waals surface area contributed by atoms with E-state index in [0.717, 1.165) is 30.8 Å². The molecule has 2 aliphatic rings. The average Bonchev–Trinajstić information content (AvgIpc) is 3.46. The number of allylic oxidation sites excluding steroid dienone is 1. The summed E-state index contributed by atoms with van der Waals surface area (Å²) in [6.07, 6.45) is 3.60. The van der Waals surface area contributed by atoms with E-state index in [1.165, 1.54) is 16.7 Å². The Morgan fingerprint density at radius 2 is 1.44 bits per heavy atom. The molecule has 1 heterocycles. The second-order valence-corrected chi connectivity index (χ2v) is 7.69. The lowest BCUT2D eigenvalue weighted by Gasteiger charge is -2.14. The van der Waals surface area contributed by atoms with Crippen molar-refractivity contribution in [1.82, 2.24) is 0 Å². The summed E-state index contributed by atoms with van der Waals surface area (Å²) in [5.74, 6) is 0.187. The largest absolute Gasteiger partial charge is 0.479 e. The van der Waals surface area contributed by atoms with Crippen molar-refractivity contribution in [1.29, 1.82) is 0 Å². The van der Waals surface area contributed by atoms with Gasteiger partial charge in [-0.1, -0.05) is 86.6 Å². The van der Waals surface area contributed by atoms with E-state index in [9.17, 15) is 4.79 Å². The van der Waals surface area contributed by atoms with Gasteiger partial charge in [0.15, 0.2) is 6.54 Å². The van der Waals surface area contributed by atoms with Crippen LogP contribution in [0.1, 0.15) is 30.5 Å². The average molecular weight is 426 g/mol. The van der Waals surface area contributed by atoms with Crippen molar-refractivity contribution in [2.45, 2.75) is 39.3 Å². The molecule has 4 nitrogen and oxygen atoms in total. The van der Waals surface area contributed by atoms with Crippen molar-refractivity contribution in [2.24, 2.45) is 0 Å². The van der Waals surface area contributed by atoms with Crippen LogP contribution < -0.4 is 5.32 Å². The van der Waals surface area contributed by atoms with Crippen molar-refractivity contribution in [3.05, 3.63) is 113 Å². The molecule has 0 unspecified atom stereocenters. The van der Waals surface area contributed by atoms with Crippen LogP contribution >= 0.6 is 0 Å². The Balaban J connectivity index is 0.00000119. The number of benzene rings is 3. The van der Waals surface area contributed by atoms with Crippen molar-refractivity contribution in [3.63, 3.8) is 0 Å². The lowest BCUT2D eigenvalue weighted by atomic mass is 10.1. The highest BCUT2D eigenvalue weighted by atomic mass is 16.5. The normalized spacial score (nSPS) is 15.6. The number of carbonyl (C=O) groups is 1. The third-order valence-corrected chi connectivity index (χ3v) is 5.48. The van der Waals surface area contributed by atoms with E-state index in [4.69, 9.17) is 4.74 Å². The molecule has 5 rings (SSSR count). The highest BCUT2D eigenvalue weighted by Crippen LogP contribution is 2.28. The Bertz CT molecular complexity index is 1110. The van der Waals surface area contributed by atoms with Crippen molar-refractivity contribution in [2.75, 3.05) is 5.32 Å². The zero-order valence-corrected chi connectivity index (χ0v) is 18.6. The SMILES string of the molecule is CC.O=C(Nc1ccccc1)/C(OC1Cc2ccccc2C1)=C1C=[N+]\1Cc1ccccc1. The Hall–Kier alpha value is -3.66. The highest BCUT2D eigenvalue weighted by Gasteiger charge is 2.39. The number of para-hydroxylation sites is 1. The first-order valence-corrected chi connectivity index (χ1v) is 11.3. The van der Waals surface area contributed by atoms with E-state index >= 15 is 0 Å². The lowest BCUT2D eigenvalue weighted by Crippen LogP contribution is -2.23. The van der Waals surface area contributed by atoms with Gasteiger partial charge < -0.3 is 10.1 Å². The summed E-state index contributed by atoms with van der Waals surface area (Å²) in [5.41, 5.74) is 5.41. The van der Waals surface area contributed by atoms with Crippen molar-refractivity contribution < 1.29 is 14.1 Å². The number of amides is 1. The summed E-state index contributed by atoms with van der Waals surface area (Å²) in [4.78, 5) is 13.1. The molecule has 0 fully saturated rings. The fraction of sp³-hybridized carbons (Fsp3) is 0.214. The molecular weight excluding hydrogens is 396 g/mol. The molecule has 32 heavy (non-hydrogen) atoms. The number of hydrogen-bond donors (Lipinski definition) is 1. The lowest BCUT2D eigenvalue weighted by molar-refractivity contribution is -0.423. The van der Waals surface area contributed by atoms with Crippen LogP contribution in [-0.4, -0.2) is 22.8 Å². The topological polar surface area (TPSA) is 41.3 Å². The quantitative estimate of drug-likeness (QED) is 0.329. The first-order valence-electron chi connectivity index (χ1n) is 11.3. The number of nitrogens with one attached hydrogen (secondary N) is 1. The molecule has 0 aromatic heterocycles. The van der Waals surface area contributed by atoms with Crippen LogP contribution in [0.2, 0.25) is 0 Å². The van der Waals surface area contributed by atoms with E-state index in [1.807, 2.05) is 68.6 Å². The van der Waals surface area contributed by atoms with Crippen LogP contribution in [0.5, 0.6) is 0 Å². The van der Waals surface area contributed by atoms with E-state index < -0.39 is 0 Å². The Morgan fingerprint density at radius 3 is 2.06 bits per heavy atom. The number of nitrogens with zero attached hydrogens (tertiary/aromatic N) is 1. The van der Waals surface area contributed by atoms with Gasteiger partial charge in [0.05, 0.1) is 0 Å². The van der Waals surface area contributed by atoms with Gasteiger partial charge in [0, 0.05) is 24.1 Å². The van der Waals surface area contributed by atoms with Crippen LogP contribution in [0.25, 0.3) is 0 Å². The molecule has 4 heteroatoms. The van der Waals surface area contributed by atoms with Crippen molar-refractivity contribution >= 4 is 17.8 Å². The minimum absolute atomic E-state index is 0.0287. The van der Waals surface area contributed by atoms with Crippen LogP contribution in [0.3, 0.4) is 0 Å². The zero-order chi connectivity index (χ0) is 22.3. The molecule has 1 N–H and O–H groups in total. The molecule has 0 atom stereocenters. The Morgan fingerprint density at radius 1 is 0.875 bits per heavy atom. The summed E-state index contributed by atoms with van der Waals surface area (Å²) >= 11 is 0. The van der Waals surface area contributed by atoms with Gasteiger partial charge >= 0.3 is 5.70 Å². The molecule has 162 valence electrons. The van der Waals surface area contributed by atoms with Gasteiger partial charge in [0.2, 0.25) is 6.21 Å². The van der Waals surface area contributed by atoms with Gasteiger partial charge in [-0.25, -0.2) is 0 Å². The number of fused-ring (bicyclic) bond motifs is 1. The first-order chi connectivity index (χ1) is 15.8. The van der Waals surface area contributed by atoms with Gasteiger partial charge in [-0.15, -0.1) is 0 Å². The van der Waals surface area contributed by atoms with Gasteiger partial charge in [0.25, 0.3) is 11.7 Å². The maximum absolute atomic E-state index is 13.1. The van der Waals surface area contributed by atoms with Crippen LogP contribution in [0.4, 0.5) is 5.69 Å². The third-order valence-electron chi connectivity index (χ3n) is 5.48. The number of rotatable bonds is 6. The second kappa shape index (κ2) is 10.1. The van der Waals surface area contributed by atoms with Gasteiger partial charge in [-0.05, 0) is 23.3 Å². The predicted molar refractivity (Wildman–Crippen MR) is 129 cm³/mol. The number of ether oxygens (including phenoxy) is 1. The molecule has 1 aliphatic heterocycles. The monoisotopic (exact) mass is 425 g/mol. The highest BCUT2D eigenvalue weighted by molar-refractivity contribution is 6.06. The molecule has 0 bridgehead atoms. The second-order valence-electron chi connectivity index (χ2n) is 7.69. The molecule has 0 spiro atoms. The van der Waals surface area contributed by atoms with Crippen LogP contribution in [-0.2, 0) is 28.9 Å². The summed E-state index contributed by atoms with van der Waals surface area (Å²) in [6.45, 7) is 4.73. The van der Waals surface area contributed by atoms with Gasteiger partial charge in [0.1, 0.15) is 6.10 Å². The van der Waals surface area contributed by atoms with Crippen LogP contribution in [0, 0.1) is 0 Å². The maximum Gasteiger partial charge on any atom is 0.318 e. The summed E-state index contributed by atoms with van der Waals surface area (Å²) in [5, 5.41) is 2.97. The van der Waals surface area contributed by atoms with E-state index in [0.29, 0.717) is 5.76 Å². The molecule has 0 radical (unpaired) electrons. The van der Waals surface area contributed by atoms with E-state index in [-0.39, 0.29) is 12.0 Å². The smallest absolute Gasteiger partial charge is 0.318 e. The number of carbonyl (C=O) groups excluding carboxylic acids is 1. The summed E-state index contributed by atoms with van der Waals surface area (Å²) < 4.78 is 8.38. The fourth-order valence-corrected chi connectivity index (χ4v) is 3.93. The van der Waals surface area contributed by atoms with Gasteiger partial charge in [-0.3, -0.25) is 4.79 Å². The Kier molecular flexibility index (Phi) is 6.81. The summed E-state index contributed by atoms with van der Waals surface area (Å²) in [6, 6.07) is 28.1. The maximum atomic E-state index is 13.1. The molecule has 0 saturated heterocycles. The minimum atomic E-state index is -0.209.